The van der Waals surface area contributed by atoms with E-state index in [1.54, 1.807) is 6.20 Å². The summed E-state index contributed by atoms with van der Waals surface area (Å²) < 4.78 is 0. The van der Waals surface area contributed by atoms with Crippen molar-refractivity contribution in [2.45, 2.75) is 31.3 Å². The van der Waals surface area contributed by atoms with E-state index in [1.165, 1.54) is 18.4 Å². The summed E-state index contributed by atoms with van der Waals surface area (Å²) in [6, 6.07) is 17.0. The van der Waals surface area contributed by atoms with E-state index in [0.29, 0.717) is 5.69 Å². The summed E-state index contributed by atoms with van der Waals surface area (Å²) in [5, 5.41) is 0. The molecule has 1 aromatic heterocycles. The largest absolute Gasteiger partial charge is 0.331 e. The fourth-order valence-corrected chi connectivity index (χ4v) is 3.62. The highest BCUT2D eigenvalue weighted by Crippen LogP contribution is 2.30. The number of amides is 1. The van der Waals surface area contributed by atoms with Crippen LogP contribution in [0.25, 0.3) is 0 Å². The maximum absolute atomic E-state index is 12.9. The predicted octanol–water partition coefficient (Wildman–Crippen LogP) is 2.61. The molecule has 2 aromatic rings. The first-order valence-corrected chi connectivity index (χ1v) is 8.81. The molecule has 2 aliphatic rings. The molecule has 1 aliphatic heterocycles. The van der Waals surface area contributed by atoms with Gasteiger partial charge in [-0.1, -0.05) is 36.4 Å². The quantitative estimate of drug-likeness (QED) is 0.868. The van der Waals surface area contributed by atoms with Gasteiger partial charge in [0.25, 0.3) is 5.91 Å². The van der Waals surface area contributed by atoms with Crippen LogP contribution in [0.1, 0.15) is 28.9 Å². The van der Waals surface area contributed by atoms with Crippen LogP contribution in [0, 0.1) is 0 Å². The first-order valence-electron chi connectivity index (χ1n) is 8.81. The predicted molar refractivity (Wildman–Crippen MR) is 93.8 cm³/mol. The molecule has 24 heavy (non-hydrogen) atoms. The topological polar surface area (TPSA) is 36.4 Å². The van der Waals surface area contributed by atoms with Gasteiger partial charge in [-0.25, -0.2) is 0 Å². The molecule has 0 spiro atoms. The van der Waals surface area contributed by atoms with Crippen LogP contribution < -0.4 is 0 Å². The van der Waals surface area contributed by atoms with Crippen LogP contribution in [0.2, 0.25) is 0 Å². The van der Waals surface area contributed by atoms with Gasteiger partial charge in [-0.15, -0.1) is 0 Å². The minimum Gasteiger partial charge on any atom is -0.331 e. The Hall–Kier alpha value is -2.20. The fraction of sp³-hybridized carbons (Fsp3) is 0.400. The second-order valence-electron chi connectivity index (χ2n) is 6.78. The zero-order valence-corrected chi connectivity index (χ0v) is 13.8. The van der Waals surface area contributed by atoms with Crippen molar-refractivity contribution in [2.75, 3.05) is 19.6 Å². The molecule has 2 fully saturated rings. The Labute approximate surface area is 143 Å². The molecule has 0 radical (unpaired) electrons. The number of piperazine rings is 1. The van der Waals surface area contributed by atoms with Gasteiger partial charge in [-0.05, 0) is 37.0 Å². The third-order valence-corrected chi connectivity index (χ3v) is 5.04. The highest BCUT2D eigenvalue weighted by atomic mass is 16.2. The van der Waals surface area contributed by atoms with Crippen molar-refractivity contribution in [1.29, 1.82) is 0 Å². The first-order chi connectivity index (χ1) is 11.8. The summed E-state index contributed by atoms with van der Waals surface area (Å²) in [4.78, 5) is 21.8. The van der Waals surface area contributed by atoms with Crippen molar-refractivity contribution in [3.05, 3.63) is 66.0 Å². The lowest BCUT2D eigenvalue weighted by Gasteiger charge is -2.41. The van der Waals surface area contributed by atoms with Crippen LogP contribution in [-0.2, 0) is 6.42 Å². The van der Waals surface area contributed by atoms with Crippen LogP contribution in [-0.4, -0.2) is 52.4 Å². The van der Waals surface area contributed by atoms with Gasteiger partial charge in [0.15, 0.2) is 0 Å². The van der Waals surface area contributed by atoms with Gasteiger partial charge in [-0.3, -0.25) is 14.7 Å². The monoisotopic (exact) mass is 321 g/mol. The van der Waals surface area contributed by atoms with Crippen LogP contribution in [0.5, 0.6) is 0 Å². The highest BCUT2D eigenvalue weighted by Gasteiger charge is 2.37. The SMILES string of the molecule is O=C(c1ccccn1)N1CCN(C2CC2)C[C@H]1Cc1ccccc1. The van der Waals surface area contributed by atoms with Crippen molar-refractivity contribution < 1.29 is 4.79 Å². The average Bonchev–Trinajstić information content (AvgIpc) is 3.48. The second-order valence-corrected chi connectivity index (χ2v) is 6.78. The molecule has 1 saturated heterocycles. The van der Waals surface area contributed by atoms with E-state index < -0.39 is 0 Å². The number of aromatic nitrogens is 1. The third-order valence-electron chi connectivity index (χ3n) is 5.04. The van der Waals surface area contributed by atoms with Crippen molar-refractivity contribution in [2.24, 2.45) is 0 Å². The Morgan fingerprint density at radius 2 is 1.83 bits per heavy atom. The molecule has 4 heteroatoms. The van der Waals surface area contributed by atoms with Crippen LogP contribution in [0.4, 0.5) is 0 Å². The van der Waals surface area contributed by atoms with E-state index in [0.717, 1.165) is 32.1 Å². The number of carbonyl (C=O) groups is 1. The Morgan fingerprint density at radius 1 is 1.04 bits per heavy atom. The summed E-state index contributed by atoms with van der Waals surface area (Å²) >= 11 is 0. The Bertz CT molecular complexity index is 685. The molecule has 1 aromatic carbocycles. The van der Waals surface area contributed by atoms with E-state index in [1.807, 2.05) is 29.2 Å². The molecule has 1 amide bonds. The number of hydrogen-bond donors (Lipinski definition) is 0. The van der Waals surface area contributed by atoms with E-state index in [2.05, 4.69) is 34.1 Å². The normalized spacial score (nSPS) is 21.7. The number of pyridine rings is 1. The smallest absolute Gasteiger partial charge is 0.272 e. The van der Waals surface area contributed by atoms with E-state index >= 15 is 0 Å². The minimum absolute atomic E-state index is 0.0620. The summed E-state index contributed by atoms with van der Waals surface area (Å²) in [5.41, 5.74) is 1.84. The zero-order valence-electron chi connectivity index (χ0n) is 13.8. The van der Waals surface area contributed by atoms with E-state index in [-0.39, 0.29) is 11.9 Å². The Morgan fingerprint density at radius 3 is 2.54 bits per heavy atom. The number of carbonyl (C=O) groups excluding carboxylic acids is 1. The molecule has 4 rings (SSSR count). The molecule has 0 bridgehead atoms. The van der Waals surface area contributed by atoms with Crippen molar-refractivity contribution in [1.82, 2.24) is 14.8 Å². The lowest BCUT2D eigenvalue weighted by atomic mass is 10.0. The minimum atomic E-state index is 0.0620. The molecule has 0 unspecified atom stereocenters. The number of hydrogen-bond acceptors (Lipinski definition) is 3. The lowest BCUT2D eigenvalue weighted by Crippen LogP contribution is -2.56. The molecule has 124 valence electrons. The van der Waals surface area contributed by atoms with Crippen molar-refractivity contribution in [3.8, 4) is 0 Å². The molecule has 2 heterocycles. The van der Waals surface area contributed by atoms with Gasteiger partial charge in [0.05, 0.1) is 0 Å². The fourth-order valence-electron chi connectivity index (χ4n) is 3.62. The van der Waals surface area contributed by atoms with Gasteiger partial charge in [0.1, 0.15) is 5.69 Å². The molecule has 0 N–H and O–H groups in total. The van der Waals surface area contributed by atoms with Crippen LogP contribution >= 0.6 is 0 Å². The summed E-state index contributed by atoms with van der Waals surface area (Å²) in [7, 11) is 0. The molecule has 4 nitrogen and oxygen atoms in total. The molecule has 1 atom stereocenters. The summed E-state index contributed by atoms with van der Waals surface area (Å²) in [5.74, 6) is 0.0620. The van der Waals surface area contributed by atoms with Crippen molar-refractivity contribution in [3.63, 3.8) is 0 Å². The van der Waals surface area contributed by atoms with Crippen molar-refractivity contribution >= 4 is 5.91 Å². The highest BCUT2D eigenvalue weighted by molar-refractivity contribution is 5.92. The molecule has 1 aliphatic carbocycles. The second kappa shape index (κ2) is 6.73. The molecular formula is C20H23N3O. The zero-order chi connectivity index (χ0) is 16.4. The molecule has 1 saturated carbocycles. The standard InChI is InChI=1S/C20H23N3O/c24-20(19-8-4-5-11-21-19)23-13-12-22(17-9-10-17)15-18(23)14-16-6-2-1-3-7-16/h1-8,11,17-18H,9-10,12-15H2/t18-/m1/s1. The third kappa shape index (κ3) is 3.34. The van der Waals surface area contributed by atoms with Crippen LogP contribution in [0.3, 0.4) is 0 Å². The van der Waals surface area contributed by atoms with Gasteiger partial charge < -0.3 is 4.90 Å². The summed E-state index contributed by atoms with van der Waals surface area (Å²) in [6.07, 6.45) is 5.22. The van der Waals surface area contributed by atoms with Gasteiger partial charge in [0, 0.05) is 37.9 Å². The Kier molecular flexibility index (Phi) is 4.30. The number of benzene rings is 1. The van der Waals surface area contributed by atoms with E-state index in [9.17, 15) is 4.79 Å². The van der Waals surface area contributed by atoms with E-state index in [4.69, 9.17) is 0 Å². The first kappa shape index (κ1) is 15.3. The number of nitrogens with zero attached hydrogens (tertiary/aromatic N) is 3. The van der Waals surface area contributed by atoms with Gasteiger partial charge in [-0.2, -0.15) is 0 Å². The maximum atomic E-state index is 12.9. The molecular weight excluding hydrogens is 298 g/mol. The van der Waals surface area contributed by atoms with Gasteiger partial charge in [0.2, 0.25) is 0 Å². The number of rotatable bonds is 4. The average molecular weight is 321 g/mol. The lowest BCUT2D eigenvalue weighted by molar-refractivity contribution is 0.0432. The van der Waals surface area contributed by atoms with Gasteiger partial charge >= 0.3 is 0 Å². The maximum Gasteiger partial charge on any atom is 0.272 e. The van der Waals surface area contributed by atoms with Crippen LogP contribution in [0.15, 0.2) is 54.7 Å². The Balaban J connectivity index is 1.55. The summed E-state index contributed by atoms with van der Waals surface area (Å²) in [6.45, 7) is 2.75.